The molecule has 0 atom stereocenters. The maximum atomic E-state index is 12.3. The molecule has 1 heterocycles. The lowest BCUT2D eigenvalue weighted by molar-refractivity contribution is 0.0938. The molecule has 0 saturated carbocycles. The predicted molar refractivity (Wildman–Crippen MR) is 93.7 cm³/mol. The number of benzene rings is 1. The Morgan fingerprint density at radius 3 is 2.50 bits per heavy atom. The third-order valence-corrected chi connectivity index (χ3v) is 4.28. The molecule has 0 aliphatic carbocycles. The van der Waals surface area contributed by atoms with Crippen molar-refractivity contribution in [2.45, 2.75) is 0 Å². The normalized spacial score (nSPS) is 10.2. The van der Waals surface area contributed by atoms with Crippen LogP contribution < -0.4 is 21.1 Å². The first kappa shape index (κ1) is 17.8. The topological polar surface area (TPSA) is 103 Å². The number of ether oxygens (including phenoxy) is 2. The molecule has 0 aliphatic rings. The van der Waals surface area contributed by atoms with Crippen molar-refractivity contribution in [1.29, 1.82) is 0 Å². The van der Waals surface area contributed by atoms with E-state index in [2.05, 4.69) is 10.6 Å². The van der Waals surface area contributed by atoms with Crippen LogP contribution in [-0.2, 0) is 4.74 Å². The molecular weight excluding hydrogens is 330 g/mol. The van der Waals surface area contributed by atoms with E-state index in [4.69, 9.17) is 15.2 Å². The molecule has 4 N–H and O–H groups in total. The molecule has 0 unspecified atom stereocenters. The average molecular weight is 349 g/mol. The maximum Gasteiger partial charge on any atom is 0.317 e. The van der Waals surface area contributed by atoms with Crippen molar-refractivity contribution in [1.82, 2.24) is 5.32 Å². The molecule has 1 aromatic heterocycles. The summed E-state index contributed by atoms with van der Waals surface area (Å²) in [5.41, 5.74) is 6.46. The first-order chi connectivity index (χ1) is 11.5. The standard InChI is InChI=1S/C16H19N3O4S/c1-22-8-7-18-14(20)12-9-13(24-15(12)19-16(17)21)10-3-5-11(23-2)6-4-10/h3-6,9H,7-8H2,1-2H3,(H,18,20)(H3,17,19,21). The van der Waals surface area contributed by atoms with Gasteiger partial charge < -0.3 is 20.5 Å². The Bertz CT molecular complexity index is 713. The molecule has 3 amide bonds. The van der Waals surface area contributed by atoms with Gasteiger partial charge in [-0.3, -0.25) is 10.1 Å². The summed E-state index contributed by atoms with van der Waals surface area (Å²) in [5.74, 6) is 0.440. The Morgan fingerprint density at radius 2 is 1.92 bits per heavy atom. The van der Waals surface area contributed by atoms with Crippen LogP contribution in [0.1, 0.15) is 10.4 Å². The zero-order valence-corrected chi connectivity index (χ0v) is 14.2. The molecule has 0 spiro atoms. The molecule has 8 heteroatoms. The first-order valence-corrected chi connectivity index (χ1v) is 7.98. The molecule has 0 radical (unpaired) electrons. The second-order valence-corrected chi connectivity index (χ2v) is 5.87. The molecule has 2 aromatic rings. The van der Waals surface area contributed by atoms with E-state index in [1.165, 1.54) is 11.3 Å². The van der Waals surface area contributed by atoms with Crippen molar-refractivity contribution in [2.75, 3.05) is 32.7 Å². The van der Waals surface area contributed by atoms with E-state index < -0.39 is 6.03 Å². The van der Waals surface area contributed by atoms with Gasteiger partial charge in [0, 0.05) is 18.5 Å². The van der Waals surface area contributed by atoms with Crippen LogP contribution in [0.3, 0.4) is 0 Å². The summed E-state index contributed by atoms with van der Waals surface area (Å²) < 4.78 is 10.0. The lowest BCUT2D eigenvalue weighted by Crippen LogP contribution is -2.28. The van der Waals surface area contributed by atoms with Gasteiger partial charge >= 0.3 is 6.03 Å². The van der Waals surface area contributed by atoms with E-state index in [1.807, 2.05) is 24.3 Å². The molecule has 0 aliphatic heterocycles. The highest BCUT2D eigenvalue weighted by atomic mass is 32.1. The number of thiophene rings is 1. The zero-order valence-electron chi connectivity index (χ0n) is 13.4. The van der Waals surface area contributed by atoms with Crippen LogP contribution in [0.5, 0.6) is 5.75 Å². The summed E-state index contributed by atoms with van der Waals surface area (Å²) >= 11 is 1.28. The van der Waals surface area contributed by atoms with Gasteiger partial charge in [0.25, 0.3) is 5.91 Å². The second kappa shape index (κ2) is 8.32. The van der Waals surface area contributed by atoms with Crippen molar-refractivity contribution in [3.8, 4) is 16.2 Å². The van der Waals surface area contributed by atoms with Gasteiger partial charge in [-0.25, -0.2) is 4.79 Å². The number of amides is 3. The number of nitrogens with one attached hydrogen (secondary N) is 2. The number of carbonyl (C=O) groups is 2. The van der Waals surface area contributed by atoms with Gasteiger partial charge in [-0.15, -0.1) is 11.3 Å². The van der Waals surface area contributed by atoms with Crippen LogP contribution in [-0.4, -0.2) is 39.3 Å². The number of methoxy groups -OCH3 is 2. The number of hydrogen-bond donors (Lipinski definition) is 3. The number of nitrogens with two attached hydrogens (primary N) is 1. The summed E-state index contributed by atoms with van der Waals surface area (Å²) in [5, 5.41) is 5.63. The minimum atomic E-state index is -0.718. The van der Waals surface area contributed by atoms with Crippen LogP contribution in [0.15, 0.2) is 30.3 Å². The molecule has 2 rings (SSSR count). The van der Waals surface area contributed by atoms with E-state index in [0.717, 1.165) is 16.2 Å². The number of primary amides is 1. The van der Waals surface area contributed by atoms with Gasteiger partial charge in [0.05, 0.1) is 19.3 Å². The lowest BCUT2D eigenvalue weighted by atomic mass is 10.1. The summed E-state index contributed by atoms with van der Waals surface area (Å²) in [4.78, 5) is 24.3. The highest BCUT2D eigenvalue weighted by Gasteiger charge is 2.18. The fourth-order valence-electron chi connectivity index (χ4n) is 2.02. The summed E-state index contributed by atoms with van der Waals surface area (Å²) in [6.07, 6.45) is 0. The van der Waals surface area contributed by atoms with Crippen LogP contribution in [0, 0.1) is 0 Å². The van der Waals surface area contributed by atoms with Gasteiger partial charge in [-0.2, -0.15) is 0 Å². The smallest absolute Gasteiger partial charge is 0.317 e. The van der Waals surface area contributed by atoms with E-state index >= 15 is 0 Å². The largest absolute Gasteiger partial charge is 0.497 e. The van der Waals surface area contributed by atoms with Crippen LogP contribution in [0.2, 0.25) is 0 Å². The van der Waals surface area contributed by atoms with Gasteiger partial charge in [0.15, 0.2) is 0 Å². The SMILES string of the molecule is COCCNC(=O)c1cc(-c2ccc(OC)cc2)sc1NC(N)=O. The number of anilines is 1. The van der Waals surface area contributed by atoms with E-state index in [1.54, 1.807) is 20.3 Å². The molecule has 0 bridgehead atoms. The van der Waals surface area contributed by atoms with E-state index in [9.17, 15) is 9.59 Å². The fraction of sp³-hybridized carbons (Fsp3) is 0.250. The Kier molecular flexibility index (Phi) is 6.16. The van der Waals surface area contributed by atoms with Crippen LogP contribution >= 0.6 is 11.3 Å². The van der Waals surface area contributed by atoms with Crippen molar-refractivity contribution in [3.63, 3.8) is 0 Å². The van der Waals surface area contributed by atoms with Gasteiger partial charge in [0.2, 0.25) is 0 Å². The quantitative estimate of drug-likeness (QED) is 0.667. The Balaban J connectivity index is 2.29. The number of urea groups is 1. The minimum absolute atomic E-state index is 0.299. The van der Waals surface area contributed by atoms with Gasteiger partial charge in [0.1, 0.15) is 10.8 Å². The fourth-order valence-corrected chi connectivity index (χ4v) is 3.09. The zero-order chi connectivity index (χ0) is 17.5. The van der Waals surface area contributed by atoms with Gasteiger partial charge in [-0.1, -0.05) is 0 Å². The highest BCUT2D eigenvalue weighted by Crippen LogP contribution is 2.36. The van der Waals surface area contributed by atoms with Crippen molar-refractivity contribution in [2.24, 2.45) is 5.73 Å². The Morgan fingerprint density at radius 1 is 1.21 bits per heavy atom. The van der Waals surface area contributed by atoms with E-state index in [0.29, 0.717) is 23.7 Å². The monoisotopic (exact) mass is 349 g/mol. The molecule has 128 valence electrons. The maximum absolute atomic E-state index is 12.3. The Labute approximate surface area is 143 Å². The molecule has 0 saturated heterocycles. The highest BCUT2D eigenvalue weighted by molar-refractivity contribution is 7.20. The molecule has 1 aromatic carbocycles. The number of hydrogen-bond acceptors (Lipinski definition) is 5. The van der Waals surface area contributed by atoms with Crippen LogP contribution in [0.4, 0.5) is 9.80 Å². The third kappa shape index (κ3) is 4.46. The van der Waals surface area contributed by atoms with Crippen LogP contribution in [0.25, 0.3) is 10.4 Å². The van der Waals surface area contributed by atoms with Crippen molar-refractivity contribution < 1.29 is 19.1 Å². The summed E-state index contributed by atoms with van der Waals surface area (Å²) in [7, 11) is 3.15. The third-order valence-electron chi connectivity index (χ3n) is 3.18. The molecule has 0 fully saturated rings. The minimum Gasteiger partial charge on any atom is -0.497 e. The summed E-state index contributed by atoms with van der Waals surface area (Å²) in [6.45, 7) is 0.777. The van der Waals surface area contributed by atoms with Crippen molar-refractivity contribution in [3.05, 3.63) is 35.9 Å². The molecular formula is C16H19N3O4S. The molecule has 24 heavy (non-hydrogen) atoms. The predicted octanol–water partition coefficient (Wildman–Crippen LogP) is 2.29. The van der Waals surface area contributed by atoms with Gasteiger partial charge in [-0.05, 0) is 35.9 Å². The lowest BCUT2D eigenvalue weighted by Gasteiger charge is -2.05. The first-order valence-electron chi connectivity index (χ1n) is 7.17. The number of rotatable bonds is 7. The Hall–Kier alpha value is -2.58. The van der Waals surface area contributed by atoms with Crippen molar-refractivity contribution >= 4 is 28.3 Å². The van der Waals surface area contributed by atoms with E-state index in [-0.39, 0.29) is 5.91 Å². The molecule has 7 nitrogen and oxygen atoms in total. The summed E-state index contributed by atoms with van der Waals surface area (Å²) in [6, 6.07) is 8.42. The average Bonchev–Trinajstić information content (AvgIpc) is 2.98. The number of carbonyl (C=O) groups excluding carboxylic acids is 2. The second-order valence-electron chi connectivity index (χ2n) is 4.82.